The molecule has 3 amide bonds. The van der Waals surface area contributed by atoms with Gasteiger partial charge in [-0.15, -0.1) is 0 Å². The molecule has 0 aliphatic carbocycles. The predicted molar refractivity (Wildman–Crippen MR) is 87.9 cm³/mol. The van der Waals surface area contributed by atoms with Gasteiger partial charge in [0.25, 0.3) is 0 Å². The first kappa shape index (κ1) is 16.4. The number of carbonyl (C=O) groups excluding carboxylic acids is 2. The molecule has 3 rings (SSSR count). The van der Waals surface area contributed by atoms with Crippen LogP contribution in [-0.4, -0.2) is 60.8 Å². The van der Waals surface area contributed by atoms with Gasteiger partial charge in [-0.3, -0.25) is 4.90 Å². The lowest BCUT2D eigenvalue weighted by molar-refractivity contribution is 0.122. The van der Waals surface area contributed by atoms with Crippen molar-refractivity contribution in [1.82, 2.24) is 15.1 Å². The first-order valence-corrected chi connectivity index (χ1v) is 8.26. The first-order valence-electron chi connectivity index (χ1n) is 8.26. The molecule has 2 atom stereocenters. The minimum atomic E-state index is -0.329. The standard InChI is InChI=1S/C17H23N3O4/c1-3-8-18-16(21)19-10-13-15(11-19)24-17(22)20(13)9-12-6-4-5-7-14(12)23-2/h4-7,13,15H,3,8-11H2,1-2H3,(H,18,21)/t13-,15+/m0/s1. The van der Waals surface area contributed by atoms with Gasteiger partial charge in [0.05, 0.1) is 26.2 Å². The summed E-state index contributed by atoms with van der Waals surface area (Å²) in [5.41, 5.74) is 0.923. The van der Waals surface area contributed by atoms with E-state index in [0.717, 1.165) is 17.7 Å². The predicted octanol–water partition coefficient (Wildman–Crippen LogP) is 1.82. The molecule has 2 aliphatic rings. The number of carbonyl (C=O) groups is 2. The highest BCUT2D eigenvalue weighted by Crippen LogP contribution is 2.30. The quantitative estimate of drug-likeness (QED) is 0.892. The summed E-state index contributed by atoms with van der Waals surface area (Å²) < 4.78 is 10.8. The SMILES string of the molecule is CCCNC(=O)N1C[C@H]2OC(=O)N(Cc3ccccc3OC)[C@H]2C1. The van der Waals surface area contributed by atoms with Gasteiger partial charge < -0.3 is 19.7 Å². The number of nitrogens with one attached hydrogen (secondary N) is 1. The molecule has 7 nitrogen and oxygen atoms in total. The normalized spacial score (nSPS) is 22.3. The van der Waals surface area contributed by atoms with Gasteiger partial charge in [-0.25, -0.2) is 9.59 Å². The molecule has 1 aromatic rings. The first-order chi connectivity index (χ1) is 11.6. The van der Waals surface area contributed by atoms with Crippen molar-refractivity contribution >= 4 is 12.1 Å². The lowest BCUT2D eigenvalue weighted by atomic mass is 10.1. The van der Waals surface area contributed by atoms with Gasteiger partial charge in [0.2, 0.25) is 0 Å². The van der Waals surface area contributed by atoms with Crippen molar-refractivity contribution < 1.29 is 19.1 Å². The van der Waals surface area contributed by atoms with Crippen LogP contribution in [0.5, 0.6) is 5.75 Å². The fourth-order valence-electron chi connectivity index (χ4n) is 3.21. The monoisotopic (exact) mass is 333 g/mol. The van der Waals surface area contributed by atoms with Crippen LogP contribution in [0, 0.1) is 0 Å². The molecule has 2 saturated heterocycles. The van der Waals surface area contributed by atoms with Gasteiger partial charge in [0.1, 0.15) is 11.9 Å². The van der Waals surface area contributed by atoms with Crippen molar-refractivity contribution in [2.45, 2.75) is 32.0 Å². The molecule has 24 heavy (non-hydrogen) atoms. The number of rotatable bonds is 5. The van der Waals surface area contributed by atoms with E-state index in [1.807, 2.05) is 31.2 Å². The Kier molecular flexibility index (Phi) is 4.78. The van der Waals surface area contributed by atoms with E-state index in [-0.39, 0.29) is 24.3 Å². The fraction of sp³-hybridized carbons (Fsp3) is 0.529. The summed E-state index contributed by atoms with van der Waals surface area (Å²) >= 11 is 0. The average molecular weight is 333 g/mol. The Morgan fingerprint density at radius 2 is 2.17 bits per heavy atom. The lowest BCUT2D eigenvalue weighted by Gasteiger charge is -2.23. The van der Waals surface area contributed by atoms with Crippen molar-refractivity contribution in [2.24, 2.45) is 0 Å². The number of urea groups is 1. The van der Waals surface area contributed by atoms with Crippen molar-refractivity contribution in [3.05, 3.63) is 29.8 Å². The number of ether oxygens (including phenoxy) is 2. The van der Waals surface area contributed by atoms with E-state index in [9.17, 15) is 9.59 Å². The van der Waals surface area contributed by atoms with Gasteiger partial charge >= 0.3 is 12.1 Å². The van der Waals surface area contributed by atoms with Crippen LogP contribution in [0.25, 0.3) is 0 Å². The molecule has 0 unspecified atom stereocenters. The zero-order chi connectivity index (χ0) is 17.1. The topological polar surface area (TPSA) is 71.1 Å². The van der Waals surface area contributed by atoms with Crippen LogP contribution >= 0.6 is 0 Å². The molecular weight excluding hydrogens is 310 g/mol. The van der Waals surface area contributed by atoms with Crippen LogP contribution in [0.15, 0.2) is 24.3 Å². The highest BCUT2D eigenvalue weighted by molar-refractivity contribution is 5.76. The number of hydrogen-bond donors (Lipinski definition) is 1. The maximum Gasteiger partial charge on any atom is 0.410 e. The smallest absolute Gasteiger partial charge is 0.410 e. The number of methoxy groups -OCH3 is 1. The fourth-order valence-corrected chi connectivity index (χ4v) is 3.21. The summed E-state index contributed by atoms with van der Waals surface area (Å²) in [4.78, 5) is 27.7. The third kappa shape index (κ3) is 3.11. The van der Waals surface area contributed by atoms with Crippen LogP contribution < -0.4 is 10.1 Å². The van der Waals surface area contributed by atoms with Crippen LogP contribution in [0.4, 0.5) is 9.59 Å². The Morgan fingerprint density at radius 3 is 2.92 bits per heavy atom. The maximum atomic E-state index is 12.2. The van der Waals surface area contributed by atoms with Gasteiger partial charge in [-0.05, 0) is 12.5 Å². The Hall–Kier alpha value is -2.44. The van der Waals surface area contributed by atoms with Gasteiger partial charge in [-0.1, -0.05) is 25.1 Å². The second-order valence-electron chi connectivity index (χ2n) is 6.07. The molecule has 2 fully saturated rings. The molecule has 1 aromatic carbocycles. The zero-order valence-corrected chi connectivity index (χ0v) is 14.0. The van der Waals surface area contributed by atoms with Crippen molar-refractivity contribution in [3.63, 3.8) is 0 Å². The molecular formula is C17H23N3O4. The molecule has 0 aromatic heterocycles. The zero-order valence-electron chi connectivity index (χ0n) is 14.0. The number of amides is 3. The van der Waals surface area contributed by atoms with Gasteiger partial charge in [0, 0.05) is 18.7 Å². The summed E-state index contributed by atoms with van der Waals surface area (Å²) in [5.74, 6) is 0.740. The third-order valence-electron chi connectivity index (χ3n) is 4.47. The molecule has 1 N–H and O–H groups in total. The van der Waals surface area contributed by atoms with E-state index in [0.29, 0.717) is 26.2 Å². The van der Waals surface area contributed by atoms with E-state index < -0.39 is 0 Å². The number of hydrogen-bond acceptors (Lipinski definition) is 4. The van der Waals surface area contributed by atoms with Crippen molar-refractivity contribution in [1.29, 1.82) is 0 Å². The Bertz CT molecular complexity index is 622. The Morgan fingerprint density at radius 1 is 1.38 bits per heavy atom. The Balaban J connectivity index is 1.69. The summed E-state index contributed by atoms with van der Waals surface area (Å²) in [6, 6.07) is 7.39. The van der Waals surface area contributed by atoms with Crippen LogP contribution in [0.3, 0.4) is 0 Å². The highest BCUT2D eigenvalue weighted by Gasteiger charge is 2.48. The number of likely N-dealkylation sites (tertiary alicyclic amines) is 1. The number of para-hydroxylation sites is 1. The molecule has 2 heterocycles. The minimum Gasteiger partial charge on any atom is -0.496 e. The lowest BCUT2D eigenvalue weighted by Crippen LogP contribution is -2.42. The number of benzene rings is 1. The molecule has 0 saturated carbocycles. The maximum absolute atomic E-state index is 12.2. The number of fused-ring (bicyclic) bond motifs is 1. The number of nitrogens with zero attached hydrogens (tertiary/aromatic N) is 2. The third-order valence-corrected chi connectivity index (χ3v) is 4.47. The van der Waals surface area contributed by atoms with Crippen molar-refractivity contribution in [2.75, 3.05) is 26.7 Å². The van der Waals surface area contributed by atoms with E-state index in [1.165, 1.54) is 0 Å². The minimum absolute atomic E-state index is 0.0976. The van der Waals surface area contributed by atoms with Crippen molar-refractivity contribution in [3.8, 4) is 5.75 Å². The summed E-state index contributed by atoms with van der Waals surface area (Å²) in [6.07, 6.45) is 0.297. The molecule has 0 spiro atoms. The molecule has 7 heteroatoms. The van der Waals surface area contributed by atoms with Gasteiger partial charge in [-0.2, -0.15) is 0 Å². The summed E-state index contributed by atoms with van der Waals surface area (Å²) in [7, 11) is 1.61. The highest BCUT2D eigenvalue weighted by atomic mass is 16.6. The van der Waals surface area contributed by atoms with Crippen LogP contribution in [0.1, 0.15) is 18.9 Å². The summed E-state index contributed by atoms with van der Waals surface area (Å²) in [6.45, 7) is 4.00. The van der Waals surface area contributed by atoms with Crippen LogP contribution in [-0.2, 0) is 11.3 Å². The molecule has 2 aliphatic heterocycles. The second-order valence-corrected chi connectivity index (χ2v) is 6.07. The molecule has 130 valence electrons. The second kappa shape index (κ2) is 6.98. The molecule has 0 radical (unpaired) electrons. The van der Waals surface area contributed by atoms with Gasteiger partial charge in [0.15, 0.2) is 0 Å². The molecule has 0 bridgehead atoms. The van der Waals surface area contributed by atoms with E-state index in [4.69, 9.17) is 9.47 Å². The summed E-state index contributed by atoms with van der Waals surface area (Å²) in [5, 5.41) is 2.87. The van der Waals surface area contributed by atoms with E-state index in [1.54, 1.807) is 16.9 Å². The van der Waals surface area contributed by atoms with E-state index in [2.05, 4.69) is 5.32 Å². The largest absolute Gasteiger partial charge is 0.496 e. The Labute approximate surface area is 141 Å². The average Bonchev–Trinajstić information content (AvgIpc) is 3.12. The van der Waals surface area contributed by atoms with Crippen LogP contribution in [0.2, 0.25) is 0 Å². The van der Waals surface area contributed by atoms with E-state index >= 15 is 0 Å².